The van der Waals surface area contributed by atoms with Gasteiger partial charge in [0.05, 0.1) is 19.8 Å². The third-order valence-electron chi connectivity index (χ3n) is 4.65. The number of nitrogens with one attached hydrogen (secondary N) is 1. The average Bonchev–Trinajstić information content (AvgIpc) is 2.90. The molecule has 1 aromatic carbocycles. The highest BCUT2D eigenvalue weighted by molar-refractivity contribution is 5.78. The van der Waals surface area contributed by atoms with Crippen LogP contribution in [0.2, 0.25) is 0 Å². The highest BCUT2D eigenvalue weighted by Crippen LogP contribution is 2.30. The van der Waals surface area contributed by atoms with Crippen LogP contribution in [0.3, 0.4) is 0 Å². The zero-order valence-electron chi connectivity index (χ0n) is 14.6. The molecule has 1 fully saturated rings. The quantitative estimate of drug-likeness (QED) is 0.874. The van der Waals surface area contributed by atoms with E-state index in [0.29, 0.717) is 32.3 Å². The number of benzene rings is 1. The Labute approximate surface area is 143 Å². The van der Waals surface area contributed by atoms with E-state index in [1.165, 1.54) is 0 Å². The van der Waals surface area contributed by atoms with Crippen LogP contribution < -0.4 is 14.8 Å². The Morgan fingerprint density at radius 2 is 2.08 bits per heavy atom. The van der Waals surface area contributed by atoms with Crippen LogP contribution in [0.25, 0.3) is 0 Å². The van der Waals surface area contributed by atoms with Crippen molar-refractivity contribution in [2.24, 2.45) is 0 Å². The van der Waals surface area contributed by atoms with Gasteiger partial charge in [-0.15, -0.1) is 0 Å². The number of hydrogen-bond donors (Lipinski definition) is 1. The van der Waals surface area contributed by atoms with Crippen LogP contribution in [-0.4, -0.2) is 68.7 Å². The van der Waals surface area contributed by atoms with E-state index in [0.717, 1.165) is 43.0 Å². The molecule has 2 heterocycles. The normalized spacial score (nSPS) is 20.9. The van der Waals surface area contributed by atoms with Gasteiger partial charge in [-0.2, -0.15) is 0 Å². The maximum atomic E-state index is 12.2. The van der Waals surface area contributed by atoms with Crippen LogP contribution in [0.4, 0.5) is 0 Å². The minimum Gasteiger partial charge on any atom is -0.490 e. The summed E-state index contributed by atoms with van der Waals surface area (Å²) in [6.07, 6.45) is 2.02. The largest absolute Gasteiger partial charge is 0.490 e. The SMILES string of the molecule is CN(C)C1CCN(CC(=O)NCc2ccc3c(c2)OCCCO3)C1. The predicted octanol–water partition coefficient (Wildman–Crippen LogP) is 1.10. The first-order valence-corrected chi connectivity index (χ1v) is 8.66. The number of carbonyl (C=O) groups is 1. The number of nitrogens with zero attached hydrogens (tertiary/aromatic N) is 2. The van der Waals surface area contributed by atoms with Gasteiger partial charge in [0.2, 0.25) is 5.91 Å². The van der Waals surface area contributed by atoms with E-state index in [1.807, 2.05) is 18.2 Å². The number of likely N-dealkylation sites (N-methyl/N-ethyl adjacent to an activating group) is 1. The number of rotatable bonds is 5. The van der Waals surface area contributed by atoms with E-state index in [-0.39, 0.29) is 5.91 Å². The number of fused-ring (bicyclic) bond motifs is 1. The molecule has 1 saturated heterocycles. The first kappa shape index (κ1) is 17.0. The maximum absolute atomic E-state index is 12.2. The lowest BCUT2D eigenvalue weighted by Crippen LogP contribution is -2.38. The summed E-state index contributed by atoms with van der Waals surface area (Å²) in [6, 6.07) is 6.41. The molecule has 1 amide bonds. The zero-order chi connectivity index (χ0) is 16.9. The van der Waals surface area contributed by atoms with Crippen LogP contribution in [0.15, 0.2) is 18.2 Å². The summed E-state index contributed by atoms with van der Waals surface area (Å²) in [7, 11) is 4.19. The van der Waals surface area contributed by atoms with E-state index < -0.39 is 0 Å². The van der Waals surface area contributed by atoms with Crippen molar-refractivity contribution < 1.29 is 14.3 Å². The Balaban J connectivity index is 1.47. The lowest BCUT2D eigenvalue weighted by atomic mass is 10.2. The lowest BCUT2D eigenvalue weighted by Gasteiger charge is -2.20. The molecule has 24 heavy (non-hydrogen) atoms. The molecule has 1 unspecified atom stereocenters. The first-order valence-electron chi connectivity index (χ1n) is 8.66. The second kappa shape index (κ2) is 7.85. The number of carbonyl (C=O) groups excluding carboxylic acids is 1. The molecule has 2 aliphatic rings. The lowest BCUT2D eigenvalue weighted by molar-refractivity contribution is -0.122. The van der Waals surface area contributed by atoms with Crippen molar-refractivity contribution in [1.82, 2.24) is 15.1 Å². The number of likely N-dealkylation sites (tertiary alicyclic amines) is 1. The molecule has 1 atom stereocenters. The van der Waals surface area contributed by atoms with Gasteiger partial charge in [0, 0.05) is 32.1 Å². The van der Waals surface area contributed by atoms with Crippen molar-refractivity contribution in [3.05, 3.63) is 23.8 Å². The Bertz CT molecular complexity index is 577. The molecule has 2 aliphatic heterocycles. The summed E-state index contributed by atoms with van der Waals surface area (Å²) >= 11 is 0. The summed E-state index contributed by atoms with van der Waals surface area (Å²) in [5, 5.41) is 3.00. The van der Waals surface area contributed by atoms with Gasteiger partial charge in [-0.05, 0) is 38.2 Å². The molecule has 0 spiro atoms. The van der Waals surface area contributed by atoms with Crippen molar-refractivity contribution in [1.29, 1.82) is 0 Å². The van der Waals surface area contributed by atoms with Gasteiger partial charge in [0.15, 0.2) is 11.5 Å². The van der Waals surface area contributed by atoms with Crippen LogP contribution in [0.1, 0.15) is 18.4 Å². The molecule has 1 N–H and O–H groups in total. The zero-order valence-corrected chi connectivity index (χ0v) is 14.6. The van der Waals surface area contributed by atoms with Crippen molar-refractivity contribution in [3.8, 4) is 11.5 Å². The first-order chi connectivity index (χ1) is 11.6. The molecule has 0 bridgehead atoms. The summed E-state index contributed by atoms with van der Waals surface area (Å²) in [4.78, 5) is 16.6. The van der Waals surface area contributed by atoms with Gasteiger partial charge in [-0.1, -0.05) is 6.07 Å². The number of ether oxygens (including phenoxy) is 2. The Kier molecular flexibility index (Phi) is 5.58. The van der Waals surface area contributed by atoms with Gasteiger partial charge < -0.3 is 19.7 Å². The number of hydrogen-bond acceptors (Lipinski definition) is 5. The van der Waals surface area contributed by atoms with E-state index >= 15 is 0 Å². The molecule has 132 valence electrons. The minimum absolute atomic E-state index is 0.0708. The fraction of sp³-hybridized carbons (Fsp3) is 0.611. The van der Waals surface area contributed by atoms with Gasteiger partial charge >= 0.3 is 0 Å². The van der Waals surface area contributed by atoms with E-state index in [1.54, 1.807) is 0 Å². The van der Waals surface area contributed by atoms with Gasteiger partial charge in [-0.25, -0.2) is 0 Å². The van der Waals surface area contributed by atoms with Crippen molar-refractivity contribution >= 4 is 5.91 Å². The Morgan fingerprint density at radius 1 is 1.29 bits per heavy atom. The molecule has 0 radical (unpaired) electrons. The minimum atomic E-state index is 0.0708. The monoisotopic (exact) mass is 333 g/mol. The van der Waals surface area contributed by atoms with Gasteiger partial charge in [-0.3, -0.25) is 9.69 Å². The highest BCUT2D eigenvalue weighted by atomic mass is 16.5. The van der Waals surface area contributed by atoms with Crippen molar-refractivity contribution in [2.75, 3.05) is 46.9 Å². The van der Waals surface area contributed by atoms with E-state index in [9.17, 15) is 4.79 Å². The predicted molar refractivity (Wildman–Crippen MR) is 92.4 cm³/mol. The summed E-state index contributed by atoms with van der Waals surface area (Å²) in [5.41, 5.74) is 1.03. The molecular weight excluding hydrogens is 306 g/mol. The van der Waals surface area contributed by atoms with Gasteiger partial charge in [0.25, 0.3) is 0 Å². The van der Waals surface area contributed by atoms with Gasteiger partial charge in [0.1, 0.15) is 0 Å². The Morgan fingerprint density at radius 3 is 2.83 bits per heavy atom. The molecular formula is C18H27N3O3. The molecule has 1 aromatic rings. The molecule has 6 nitrogen and oxygen atoms in total. The topological polar surface area (TPSA) is 54.0 Å². The summed E-state index contributed by atoms with van der Waals surface area (Å²) in [6.45, 7) is 4.29. The smallest absolute Gasteiger partial charge is 0.234 e. The third-order valence-corrected chi connectivity index (χ3v) is 4.65. The van der Waals surface area contributed by atoms with Crippen molar-refractivity contribution in [3.63, 3.8) is 0 Å². The standard InChI is InChI=1S/C18H27N3O3/c1-20(2)15-6-7-21(12-15)13-18(22)19-11-14-4-5-16-17(10-14)24-9-3-8-23-16/h4-5,10,15H,3,6-9,11-13H2,1-2H3,(H,19,22). The van der Waals surface area contributed by atoms with E-state index in [4.69, 9.17) is 9.47 Å². The van der Waals surface area contributed by atoms with Crippen LogP contribution in [-0.2, 0) is 11.3 Å². The van der Waals surface area contributed by atoms with Crippen LogP contribution >= 0.6 is 0 Å². The van der Waals surface area contributed by atoms with Crippen LogP contribution in [0.5, 0.6) is 11.5 Å². The second-order valence-electron chi connectivity index (χ2n) is 6.75. The summed E-state index contributed by atoms with van der Waals surface area (Å²) < 4.78 is 11.3. The molecule has 0 saturated carbocycles. The maximum Gasteiger partial charge on any atom is 0.234 e. The third kappa shape index (κ3) is 4.39. The highest BCUT2D eigenvalue weighted by Gasteiger charge is 2.25. The van der Waals surface area contributed by atoms with E-state index in [2.05, 4.69) is 29.2 Å². The van der Waals surface area contributed by atoms with Crippen LogP contribution in [0, 0.1) is 0 Å². The second-order valence-corrected chi connectivity index (χ2v) is 6.75. The van der Waals surface area contributed by atoms with Crippen molar-refractivity contribution in [2.45, 2.75) is 25.4 Å². The number of amides is 1. The molecule has 0 aliphatic carbocycles. The fourth-order valence-corrected chi connectivity index (χ4v) is 3.15. The Hall–Kier alpha value is -1.79. The summed E-state index contributed by atoms with van der Waals surface area (Å²) in [5.74, 6) is 1.63. The molecule has 6 heteroatoms. The molecule has 3 rings (SSSR count). The fourth-order valence-electron chi connectivity index (χ4n) is 3.15. The molecule has 0 aromatic heterocycles. The average molecular weight is 333 g/mol.